The second-order valence-corrected chi connectivity index (χ2v) is 5.07. The highest BCUT2D eigenvalue weighted by Crippen LogP contribution is 2.24. The van der Waals surface area contributed by atoms with Crippen LogP contribution in [0.25, 0.3) is 0 Å². The van der Waals surface area contributed by atoms with Gasteiger partial charge in [-0.25, -0.2) is 0 Å². The summed E-state index contributed by atoms with van der Waals surface area (Å²) in [7, 11) is 0. The second kappa shape index (κ2) is 3.36. The third-order valence-corrected chi connectivity index (χ3v) is 3.07. The van der Waals surface area contributed by atoms with E-state index >= 15 is 0 Å². The summed E-state index contributed by atoms with van der Waals surface area (Å²) in [6.45, 7) is 3.68. The van der Waals surface area contributed by atoms with Crippen LogP contribution < -0.4 is 5.32 Å². The van der Waals surface area contributed by atoms with Crippen LogP contribution in [0.1, 0.15) is 13.3 Å². The number of anilines is 1. The highest BCUT2D eigenvalue weighted by atomic mass is 32.1. The number of hydrogen-bond donors (Lipinski definition) is 2. The number of hydrogen-bond acceptors (Lipinski definition) is 5. The van der Waals surface area contributed by atoms with Crippen molar-refractivity contribution >= 4 is 28.7 Å². The second-order valence-electron chi connectivity index (χ2n) is 3.41. The molecule has 1 aliphatic heterocycles. The minimum Gasteiger partial charge on any atom is -0.379 e. The summed E-state index contributed by atoms with van der Waals surface area (Å²) in [5, 5.41) is 11.0. The van der Waals surface area contributed by atoms with E-state index in [1.807, 2.05) is 0 Å². The molecule has 0 amide bonds. The summed E-state index contributed by atoms with van der Waals surface area (Å²) in [4.78, 5) is 0. The molecule has 4 nitrogen and oxygen atoms in total. The van der Waals surface area contributed by atoms with Crippen LogP contribution >= 0.6 is 23.6 Å². The van der Waals surface area contributed by atoms with Gasteiger partial charge in [-0.3, -0.25) is 5.10 Å². The van der Waals surface area contributed by atoms with Crippen LogP contribution in [0.15, 0.2) is 0 Å². The van der Waals surface area contributed by atoms with Gasteiger partial charge in [0.15, 0.2) is 3.95 Å². The van der Waals surface area contributed by atoms with E-state index in [0.717, 1.165) is 24.8 Å². The molecule has 72 valence electrons. The van der Waals surface area contributed by atoms with Crippen LogP contribution in [-0.2, 0) is 4.74 Å². The maximum Gasteiger partial charge on any atom is 0.204 e. The number of nitrogens with one attached hydrogen (secondary N) is 2. The fraction of sp³-hybridized carbons (Fsp3) is 0.714. The molecule has 6 heteroatoms. The van der Waals surface area contributed by atoms with Gasteiger partial charge in [0.1, 0.15) is 0 Å². The Balaban J connectivity index is 2.08. The van der Waals surface area contributed by atoms with Gasteiger partial charge in [0.05, 0.1) is 12.1 Å². The first kappa shape index (κ1) is 9.11. The van der Waals surface area contributed by atoms with Gasteiger partial charge in [-0.2, -0.15) is 0 Å². The molecule has 1 aromatic heterocycles. The van der Waals surface area contributed by atoms with Crippen molar-refractivity contribution in [3.8, 4) is 0 Å². The van der Waals surface area contributed by atoms with Crippen LogP contribution in [0.3, 0.4) is 0 Å². The number of aromatic nitrogens is 2. The number of H-pyrrole nitrogens is 1. The van der Waals surface area contributed by atoms with E-state index in [1.54, 1.807) is 0 Å². The molecule has 0 aliphatic carbocycles. The monoisotopic (exact) mass is 217 g/mol. The van der Waals surface area contributed by atoms with Gasteiger partial charge in [-0.15, -0.1) is 5.10 Å². The molecule has 2 rings (SSSR count). The molecule has 0 radical (unpaired) electrons. The summed E-state index contributed by atoms with van der Waals surface area (Å²) in [6, 6.07) is 0. The molecule has 1 atom stereocenters. The quantitative estimate of drug-likeness (QED) is 0.742. The highest BCUT2D eigenvalue weighted by Gasteiger charge is 2.30. The van der Waals surface area contributed by atoms with E-state index < -0.39 is 0 Å². The molecule has 2 heterocycles. The molecule has 1 unspecified atom stereocenters. The van der Waals surface area contributed by atoms with Crippen molar-refractivity contribution in [3.63, 3.8) is 0 Å². The molecule has 1 aromatic rings. The van der Waals surface area contributed by atoms with Crippen LogP contribution in [0, 0.1) is 3.95 Å². The summed E-state index contributed by atoms with van der Waals surface area (Å²) in [5.74, 6) is 0. The Bertz CT molecular complexity index is 340. The van der Waals surface area contributed by atoms with Gasteiger partial charge < -0.3 is 10.1 Å². The Morgan fingerprint density at radius 3 is 3.15 bits per heavy atom. The summed E-state index contributed by atoms with van der Waals surface area (Å²) in [6.07, 6.45) is 1.01. The van der Waals surface area contributed by atoms with Gasteiger partial charge in [-0.05, 0) is 25.6 Å². The topological polar surface area (TPSA) is 49.9 Å². The summed E-state index contributed by atoms with van der Waals surface area (Å²) in [5.41, 5.74) is 0.0213. The molecule has 1 saturated heterocycles. The average Bonchev–Trinajstić information content (AvgIpc) is 2.62. The minimum absolute atomic E-state index is 0.0213. The van der Waals surface area contributed by atoms with Crippen molar-refractivity contribution in [2.45, 2.75) is 18.9 Å². The van der Waals surface area contributed by atoms with E-state index in [0.29, 0.717) is 3.95 Å². The molecular weight excluding hydrogens is 206 g/mol. The highest BCUT2D eigenvalue weighted by molar-refractivity contribution is 7.73. The van der Waals surface area contributed by atoms with Crippen LogP contribution in [0.2, 0.25) is 0 Å². The molecule has 0 spiro atoms. The zero-order valence-corrected chi connectivity index (χ0v) is 8.93. The van der Waals surface area contributed by atoms with Crippen molar-refractivity contribution < 1.29 is 4.74 Å². The zero-order chi connectivity index (χ0) is 9.31. The molecular formula is C7H11N3OS2. The van der Waals surface area contributed by atoms with Crippen LogP contribution in [-0.4, -0.2) is 29.0 Å². The van der Waals surface area contributed by atoms with Gasteiger partial charge in [0.2, 0.25) is 5.13 Å². The smallest absolute Gasteiger partial charge is 0.204 e. The number of rotatable bonds is 2. The molecule has 0 bridgehead atoms. The van der Waals surface area contributed by atoms with Crippen LogP contribution in [0.4, 0.5) is 5.13 Å². The lowest BCUT2D eigenvalue weighted by Gasteiger charge is -2.22. The third-order valence-electron chi connectivity index (χ3n) is 2.07. The van der Waals surface area contributed by atoms with Crippen molar-refractivity contribution in [1.29, 1.82) is 0 Å². The Labute approximate surface area is 85.3 Å². The fourth-order valence-corrected chi connectivity index (χ4v) is 2.25. The lowest BCUT2D eigenvalue weighted by molar-refractivity contribution is 0.185. The lowest BCUT2D eigenvalue weighted by Crippen LogP contribution is -2.34. The van der Waals surface area contributed by atoms with Crippen molar-refractivity contribution in [3.05, 3.63) is 3.95 Å². The SMILES string of the molecule is CC1(Nc2n[nH]c(=S)s2)CCOC1. The summed E-state index contributed by atoms with van der Waals surface area (Å²) >= 11 is 6.39. The number of ether oxygens (including phenoxy) is 1. The van der Waals surface area contributed by atoms with E-state index in [2.05, 4.69) is 22.4 Å². The zero-order valence-electron chi connectivity index (χ0n) is 7.29. The first-order valence-electron chi connectivity index (χ1n) is 4.09. The largest absolute Gasteiger partial charge is 0.379 e. The molecule has 0 saturated carbocycles. The normalized spacial score (nSPS) is 27.8. The molecule has 13 heavy (non-hydrogen) atoms. The summed E-state index contributed by atoms with van der Waals surface area (Å²) < 4.78 is 6.02. The van der Waals surface area contributed by atoms with Gasteiger partial charge in [0, 0.05) is 6.61 Å². The fourth-order valence-electron chi connectivity index (χ4n) is 1.31. The van der Waals surface area contributed by atoms with E-state index in [9.17, 15) is 0 Å². The predicted molar refractivity (Wildman–Crippen MR) is 54.8 cm³/mol. The van der Waals surface area contributed by atoms with Crippen LogP contribution in [0.5, 0.6) is 0 Å². The number of nitrogens with zero attached hydrogens (tertiary/aromatic N) is 1. The maximum absolute atomic E-state index is 5.32. The van der Waals surface area contributed by atoms with Crippen molar-refractivity contribution in [2.75, 3.05) is 18.5 Å². The minimum atomic E-state index is 0.0213. The third kappa shape index (κ3) is 2.07. The van der Waals surface area contributed by atoms with Crippen molar-refractivity contribution in [2.24, 2.45) is 0 Å². The molecule has 0 aromatic carbocycles. The van der Waals surface area contributed by atoms with Crippen molar-refractivity contribution in [1.82, 2.24) is 10.2 Å². The Kier molecular flexibility index (Phi) is 2.35. The molecule has 1 aliphatic rings. The standard InChI is InChI=1S/C7H11N3OS2/c1-7(2-3-11-4-7)8-5-9-10-6(12)13-5/h2-4H2,1H3,(H,8,9)(H,10,12). The van der Waals surface area contributed by atoms with Gasteiger partial charge in [-0.1, -0.05) is 11.3 Å². The van der Waals surface area contributed by atoms with Gasteiger partial charge in [0.25, 0.3) is 0 Å². The predicted octanol–water partition coefficient (Wildman–Crippen LogP) is 1.79. The number of aromatic amines is 1. The Hall–Kier alpha value is -0.460. The Morgan fingerprint density at radius 2 is 2.62 bits per heavy atom. The molecule has 1 fully saturated rings. The van der Waals surface area contributed by atoms with E-state index in [-0.39, 0.29) is 5.54 Å². The maximum atomic E-state index is 5.32. The molecule has 2 N–H and O–H groups in total. The van der Waals surface area contributed by atoms with Gasteiger partial charge >= 0.3 is 0 Å². The average molecular weight is 217 g/mol. The van der Waals surface area contributed by atoms with E-state index in [1.165, 1.54) is 11.3 Å². The van der Waals surface area contributed by atoms with E-state index in [4.69, 9.17) is 17.0 Å². The first-order chi connectivity index (χ1) is 6.18. The lowest BCUT2D eigenvalue weighted by atomic mass is 10.0. The first-order valence-corrected chi connectivity index (χ1v) is 5.32. The Morgan fingerprint density at radius 1 is 1.77 bits per heavy atom.